The highest BCUT2D eigenvalue weighted by Crippen LogP contribution is 2.43. The van der Waals surface area contributed by atoms with Gasteiger partial charge in [0.15, 0.2) is 6.10 Å². The first-order valence-electron chi connectivity index (χ1n) is 14.5. The van der Waals surface area contributed by atoms with Crippen molar-refractivity contribution < 1.29 is 37.6 Å². The minimum Gasteiger partial charge on any atom is -0.462 e. The number of unbranched alkanes of at least 4 members (excludes halogenated alkanes) is 16. The second-order valence-corrected chi connectivity index (χ2v) is 11.2. The Kier molecular flexibility index (Phi) is 24.6. The van der Waals surface area contributed by atoms with Gasteiger partial charge in [-0.3, -0.25) is 18.6 Å². The topological polar surface area (TPSA) is 134 Å². The van der Waals surface area contributed by atoms with E-state index in [1.54, 1.807) is 0 Å². The van der Waals surface area contributed by atoms with Crippen molar-refractivity contribution in [3.8, 4) is 0 Å². The first-order valence-corrected chi connectivity index (χ1v) is 15.9. The molecule has 0 radical (unpaired) electrons. The van der Waals surface area contributed by atoms with Crippen LogP contribution in [0.4, 0.5) is 0 Å². The van der Waals surface area contributed by atoms with Gasteiger partial charge in [0, 0.05) is 19.9 Å². The van der Waals surface area contributed by atoms with Gasteiger partial charge in [-0.2, -0.15) is 0 Å². The van der Waals surface area contributed by atoms with E-state index in [0.717, 1.165) is 12.8 Å². The van der Waals surface area contributed by atoms with Gasteiger partial charge in [0.1, 0.15) is 6.61 Å². The Bertz CT molecular complexity index is 605. The summed E-state index contributed by atoms with van der Waals surface area (Å²) in [7, 11) is -4.32. The van der Waals surface area contributed by atoms with Gasteiger partial charge < -0.3 is 20.1 Å². The van der Waals surface area contributed by atoms with Crippen LogP contribution in [0.3, 0.4) is 0 Å². The number of carbonyl (C=O) groups excluding carboxylic acids is 2. The molecule has 0 aromatic carbocycles. The molecule has 0 bridgehead atoms. The quantitative estimate of drug-likeness (QED) is 0.0658. The van der Waals surface area contributed by atoms with E-state index in [1.807, 2.05) is 0 Å². The van der Waals surface area contributed by atoms with Crippen molar-refractivity contribution in [1.82, 2.24) is 0 Å². The van der Waals surface area contributed by atoms with E-state index in [2.05, 4.69) is 11.4 Å². The lowest BCUT2D eigenvalue weighted by Gasteiger charge is -2.19. The summed E-state index contributed by atoms with van der Waals surface area (Å²) < 4.78 is 31.4. The van der Waals surface area contributed by atoms with E-state index in [-0.39, 0.29) is 26.2 Å². The van der Waals surface area contributed by atoms with E-state index in [0.29, 0.717) is 6.42 Å². The van der Waals surface area contributed by atoms with Crippen molar-refractivity contribution in [2.24, 2.45) is 5.73 Å². The zero-order valence-electron chi connectivity index (χ0n) is 23.5. The van der Waals surface area contributed by atoms with Gasteiger partial charge in [-0.25, -0.2) is 4.57 Å². The van der Waals surface area contributed by atoms with Crippen molar-refractivity contribution in [3.05, 3.63) is 0 Å². The van der Waals surface area contributed by atoms with Crippen LogP contribution >= 0.6 is 7.82 Å². The van der Waals surface area contributed by atoms with Gasteiger partial charge in [-0.1, -0.05) is 110 Å². The molecule has 0 saturated carbocycles. The SMILES string of the molecule is CCCCCCCCCCCCCCCCCCCC(=O)OC(COC(C)=O)COP(=O)(O)OCCN. The minimum absolute atomic E-state index is 0.0547. The van der Waals surface area contributed by atoms with Crippen molar-refractivity contribution >= 4 is 19.8 Å². The maximum Gasteiger partial charge on any atom is 0.472 e. The van der Waals surface area contributed by atoms with Gasteiger partial charge >= 0.3 is 19.8 Å². The van der Waals surface area contributed by atoms with Crippen LogP contribution < -0.4 is 5.73 Å². The van der Waals surface area contributed by atoms with Crippen LogP contribution in [0, 0.1) is 0 Å². The average Bonchev–Trinajstić information content (AvgIpc) is 2.86. The Morgan fingerprint density at radius 2 is 1.22 bits per heavy atom. The molecule has 0 amide bonds. The molecule has 0 aliphatic heterocycles. The Morgan fingerprint density at radius 3 is 1.65 bits per heavy atom. The van der Waals surface area contributed by atoms with Crippen molar-refractivity contribution in [3.63, 3.8) is 0 Å². The fraction of sp³-hybridized carbons (Fsp3) is 0.926. The fourth-order valence-electron chi connectivity index (χ4n) is 3.95. The van der Waals surface area contributed by atoms with Gasteiger partial charge in [0.25, 0.3) is 0 Å². The van der Waals surface area contributed by atoms with Crippen molar-refractivity contribution in [1.29, 1.82) is 0 Å². The Labute approximate surface area is 225 Å². The van der Waals surface area contributed by atoms with E-state index in [1.165, 1.54) is 96.8 Å². The molecule has 2 unspecified atom stereocenters. The monoisotopic (exact) mass is 551 g/mol. The Hall–Kier alpha value is -0.990. The fourth-order valence-corrected chi connectivity index (χ4v) is 4.71. The van der Waals surface area contributed by atoms with Crippen LogP contribution in [0.2, 0.25) is 0 Å². The third-order valence-corrected chi connectivity index (χ3v) is 7.04. The lowest BCUT2D eigenvalue weighted by molar-refractivity contribution is -0.160. The predicted molar refractivity (Wildman–Crippen MR) is 146 cm³/mol. The van der Waals surface area contributed by atoms with Crippen LogP contribution in [0.5, 0.6) is 0 Å². The van der Waals surface area contributed by atoms with Gasteiger partial charge in [-0.15, -0.1) is 0 Å². The highest BCUT2D eigenvalue weighted by Gasteiger charge is 2.25. The van der Waals surface area contributed by atoms with E-state index in [9.17, 15) is 19.0 Å². The molecule has 0 spiro atoms. The summed E-state index contributed by atoms with van der Waals surface area (Å²) >= 11 is 0. The summed E-state index contributed by atoms with van der Waals surface area (Å²) in [4.78, 5) is 32.8. The Morgan fingerprint density at radius 1 is 0.757 bits per heavy atom. The van der Waals surface area contributed by atoms with E-state index in [4.69, 9.17) is 19.7 Å². The lowest BCUT2D eigenvalue weighted by atomic mass is 10.0. The number of nitrogens with two attached hydrogens (primary N) is 1. The normalized spacial score (nSPS) is 13.7. The lowest BCUT2D eigenvalue weighted by Crippen LogP contribution is -2.29. The predicted octanol–water partition coefficient (Wildman–Crippen LogP) is 6.60. The molecule has 3 N–H and O–H groups in total. The third kappa shape index (κ3) is 26.4. The summed E-state index contributed by atoms with van der Waals surface area (Å²) in [5.41, 5.74) is 5.23. The van der Waals surface area contributed by atoms with Crippen LogP contribution in [-0.4, -0.2) is 49.3 Å². The maximum absolute atomic E-state index is 12.2. The molecule has 0 heterocycles. The first kappa shape index (κ1) is 36.0. The zero-order chi connectivity index (χ0) is 27.6. The summed E-state index contributed by atoms with van der Waals surface area (Å²) in [5, 5.41) is 0. The number of phosphoric ester groups is 1. The number of phosphoric acid groups is 1. The van der Waals surface area contributed by atoms with E-state index >= 15 is 0 Å². The van der Waals surface area contributed by atoms with Gasteiger partial charge in [0.05, 0.1) is 13.2 Å². The standard InChI is InChI=1S/C27H54NO8P/c1-3-4-5-6-7-8-9-10-11-12-13-14-15-16-17-18-19-20-27(30)36-26(23-33-25(2)29)24-35-37(31,32)34-22-21-28/h26H,3-24,28H2,1-2H3,(H,31,32). The number of ether oxygens (including phenoxy) is 2. The second-order valence-electron chi connectivity index (χ2n) is 9.71. The second kappa shape index (κ2) is 25.3. The highest BCUT2D eigenvalue weighted by atomic mass is 31.2. The molecule has 0 aromatic heterocycles. The molecule has 9 nitrogen and oxygen atoms in total. The van der Waals surface area contributed by atoms with E-state index < -0.39 is 32.5 Å². The summed E-state index contributed by atoms with van der Waals surface area (Å²) in [6.07, 6.45) is 20.7. The molecule has 10 heteroatoms. The number of rotatable bonds is 27. The summed E-state index contributed by atoms with van der Waals surface area (Å²) in [6.45, 7) is 2.68. The molecule has 0 aliphatic rings. The smallest absolute Gasteiger partial charge is 0.462 e. The van der Waals surface area contributed by atoms with Crippen molar-refractivity contribution in [2.75, 3.05) is 26.4 Å². The van der Waals surface area contributed by atoms with Gasteiger partial charge in [0.2, 0.25) is 0 Å². The number of esters is 2. The number of hydrogen-bond donors (Lipinski definition) is 2. The zero-order valence-corrected chi connectivity index (χ0v) is 24.4. The maximum atomic E-state index is 12.2. The molecule has 2 atom stereocenters. The average molecular weight is 552 g/mol. The third-order valence-electron chi connectivity index (χ3n) is 6.05. The molecule has 220 valence electrons. The molecule has 0 rings (SSSR count). The number of hydrogen-bond acceptors (Lipinski definition) is 8. The minimum atomic E-state index is -4.32. The first-order chi connectivity index (χ1) is 17.8. The molecule has 0 aromatic rings. The molecule has 0 saturated heterocycles. The summed E-state index contributed by atoms with van der Waals surface area (Å²) in [5.74, 6) is -1.02. The molecule has 0 fully saturated rings. The van der Waals surface area contributed by atoms with Crippen LogP contribution in [-0.2, 0) is 32.7 Å². The summed E-state index contributed by atoms with van der Waals surface area (Å²) in [6, 6.07) is 0. The van der Waals surface area contributed by atoms with Crippen LogP contribution in [0.25, 0.3) is 0 Å². The molecule has 0 aliphatic carbocycles. The molecular weight excluding hydrogens is 497 g/mol. The molecular formula is C27H54NO8P. The van der Waals surface area contributed by atoms with Crippen LogP contribution in [0.15, 0.2) is 0 Å². The molecule has 37 heavy (non-hydrogen) atoms. The largest absolute Gasteiger partial charge is 0.472 e. The Balaban J connectivity index is 3.77. The van der Waals surface area contributed by atoms with Crippen molar-refractivity contribution in [2.45, 2.75) is 136 Å². The highest BCUT2D eigenvalue weighted by molar-refractivity contribution is 7.47. The number of carbonyl (C=O) groups is 2. The van der Waals surface area contributed by atoms with Gasteiger partial charge in [-0.05, 0) is 6.42 Å². The van der Waals surface area contributed by atoms with Crippen LogP contribution in [0.1, 0.15) is 129 Å².